The van der Waals surface area contributed by atoms with Gasteiger partial charge in [0.05, 0.1) is 0 Å². The average Bonchev–Trinajstić information content (AvgIpc) is 2.31. The summed E-state index contributed by atoms with van der Waals surface area (Å²) >= 11 is 0. The van der Waals surface area contributed by atoms with Crippen molar-refractivity contribution in [3.63, 3.8) is 0 Å². The molecule has 0 N–H and O–H groups in total. The second kappa shape index (κ2) is 4.61. The van der Waals surface area contributed by atoms with Gasteiger partial charge in [-0.25, -0.2) is 0 Å². The first-order chi connectivity index (χ1) is 7.42. The summed E-state index contributed by atoms with van der Waals surface area (Å²) in [7, 11) is 0. The molecule has 0 heterocycles. The molecule has 2 aromatic carbocycles. The quantitative estimate of drug-likeness (QED) is 0.670. The van der Waals surface area contributed by atoms with Crippen LogP contribution in [0.5, 0.6) is 0 Å². The molecule has 15 heavy (non-hydrogen) atoms. The Labute approximate surface area is 90.9 Å². The lowest BCUT2D eigenvalue weighted by Crippen LogP contribution is -1.81. The molecule has 0 aliphatic rings. The van der Waals surface area contributed by atoms with Crippen LogP contribution in [0.4, 0.5) is 0 Å². The van der Waals surface area contributed by atoms with Gasteiger partial charge < -0.3 is 0 Å². The normalized spacial score (nSPS) is 10.7. The van der Waals surface area contributed by atoms with E-state index in [1.807, 2.05) is 24.3 Å². The summed E-state index contributed by atoms with van der Waals surface area (Å²) in [5.74, 6) is 0. The van der Waals surface area contributed by atoms with Crippen LogP contribution in [-0.4, -0.2) is 0 Å². The Bertz CT molecular complexity index is 452. The molecule has 73 valence electrons. The summed E-state index contributed by atoms with van der Waals surface area (Å²) in [5, 5.41) is 0. The van der Waals surface area contributed by atoms with E-state index in [-0.39, 0.29) is 0 Å². The third-order valence-electron chi connectivity index (χ3n) is 2.34. The van der Waals surface area contributed by atoms with Crippen LogP contribution in [0.15, 0.2) is 60.7 Å². The fourth-order valence-corrected chi connectivity index (χ4v) is 1.65. The molecule has 0 unspecified atom stereocenters. The lowest BCUT2D eigenvalue weighted by Gasteiger charge is -2.05. The number of hydrogen-bond donors (Lipinski definition) is 0. The third-order valence-corrected chi connectivity index (χ3v) is 2.34. The maximum absolute atomic E-state index is 3.74. The fraction of sp³-hybridized carbons (Fsp3) is 0. The minimum absolute atomic E-state index is 1.21. The highest BCUT2D eigenvalue weighted by molar-refractivity contribution is 5.75. The van der Waals surface area contributed by atoms with Crippen molar-refractivity contribution < 1.29 is 0 Å². The second-order valence-corrected chi connectivity index (χ2v) is 3.36. The van der Waals surface area contributed by atoms with Gasteiger partial charge in [0.25, 0.3) is 0 Å². The van der Waals surface area contributed by atoms with Gasteiger partial charge in [-0.2, -0.15) is 0 Å². The molecule has 0 nitrogen and oxygen atoms in total. The summed E-state index contributed by atoms with van der Waals surface area (Å²) < 4.78 is 0. The van der Waals surface area contributed by atoms with Crippen LogP contribution >= 0.6 is 0 Å². The van der Waals surface area contributed by atoms with Gasteiger partial charge in [-0.05, 0) is 23.6 Å². The van der Waals surface area contributed by atoms with Gasteiger partial charge in [0.15, 0.2) is 0 Å². The van der Waals surface area contributed by atoms with Gasteiger partial charge in [0.2, 0.25) is 0 Å². The minimum Gasteiger partial charge on any atom is -0.0836 e. The molecule has 0 aromatic heterocycles. The van der Waals surface area contributed by atoms with E-state index < -0.39 is 0 Å². The van der Waals surface area contributed by atoms with Crippen molar-refractivity contribution in [3.05, 3.63) is 73.2 Å². The third kappa shape index (κ3) is 2.16. The van der Waals surface area contributed by atoms with Crippen LogP contribution in [-0.2, 0) is 0 Å². The molecule has 1 radical (unpaired) electrons. The maximum atomic E-state index is 3.74. The number of hydrogen-bond acceptors (Lipinski definition) is 0. The number of benzene rings is 2. The van der Waals surface area contributed by atoms with E-state index in [1.165, 1.54) is 16.7 Å². The minimum atomic E-state index is 1.21. The Hall–Kier alpha value is -1.82. The van der Waals surface area contributed by atoms with E-state index in [4.69, 9.17) is 0 Å². The van der Waals surface area contributed by atoms with Crippen molar-refractivity contribution >= 4 is 6.08 Å². The zero-order valence-corrected chi connectivity index (χ0v) is 8.56. The monoisotopic (exact) mass is 193 g/mol. The molecule has 0 amide bonds. The Balaban J connectivity index is 2.53. The van der Waals surface area contributed by atoms with Crippen LogP contribution in [0.25, 0.3) is 17.2 Å². The molecule has 0 bridgehead atoms. The summed E-state index contributed by atoms with van der Waals surface area (Å²) in [6.07, 6.45) is 3.85. The van der Waals surface area contributed by atoms with Crippen LogP contribution in [0, 0.1) is 6.92 Å². The van der Waals surface area contributed by atoms with Crippen LogP contribution < -0.4 is 0 Å². The van der Waals surface area contributed by atoms with Crippen LogP contribution in [0.3, 0.4) is 0 Å². The standard InChI is InChI=1S/C15H13/c1-2-8-13-11-6-7-12-15(13)14-9-4-3-5-10-14/h2-12H,1H2/b8-2+. The molecule has 0 atom stereocenters. The van der Waals surface area contributed by atoms with Crippen molar-refractivity contribution in [1.82, 2.24) is 0 Å². The zero-order valence-electron chi connectivity index (χ0n) is 8.56. The van der Waals surface area contributed by atoms with Crippen molar-refractivity contribution in [2.45, 2.75) is 0 Å². The highest BCUT2D eigenvalue weighted by atomic mass is 14.0. The van der Waals surface area contributed by atoms with Gasteiger partial charge in [-0.3, -0.25) is 0 Å². The first kappa shape index (κ1) is 9.72. The highest BCUT2D eigenvalue weighted by Gasteiger charge is 1.99. The Morgan fingerprint density at radius 1 is 0.800 bits per heavy atom. The van der Waals surface area contributed by atoms with Crippen molar-refractivity contribution in [3.8, 4) is 11.1 Å². The lowest BCUT2D eigenvalue weighted by molar-refractivity contribution is 1.59. The molecule has 0 saturated carbocycles. The largest absolute Gasteiger partial charge is 0.0836 e. The van der Waals surface area contributed by atoms with Crippen molar-refractivity contribution in [2.24, 2.45) is 0 Å². The zero-order chi connectivity index (χ0) is 10.5. The van der Waals surface area contributed by atoms with E-state index in [0.717, 1.165) is 0 Å². The first-order valence-corrected chi connectivity index (χ1v) is 5.02. The summed E-state index contributed by atoms with van der Waals surface area (Å²) in [5.41, 5.74) is 3.70. The van der Waals surface area contributed by atoms with Crippen LogP contribution in [0.1, 0.15) is 5.56 Å². The molecule has 2 aromatic rings. The smallest absolute Gasteiger partial charge is 0.0112 e. The fourth-order valence-electron chi connectivity index (χ4n) is 1.65. The molecule has 0 fully saturated rings. The van der Waals surface area contributed by atoms with Gasteiger partial charge in [0, 0.05) is 0 Å². The van der Waals surface area contributed by atoms with Gasteiger partial charge in [-0.15, -0.1) is 0 Å². The Kier molecular flexibility index (Phi) is 2.99. The molecule has 0 aliphatic heterocycles. The first-order valence-electron chi connectivity index (χ1n) is 5.02. The van der Waals surface area contributed by atoms with E-state index in [2.05, 4.69) is 49.4 Å². The van der Waals surface area contributed by atoms with Gasteiger partial charge in [0.1, 0.15) is 0 Å². The van der Waals surface area contributed by atoms with E-state index >= 15 is 0 Å². The van der Waals surface area contributed by atoms with E-state index in [9.17, 15) is 0 Å². The molecule has 0 spiro atoms. The average molecular weight is 193 g/mol. The van der Waals surface area contributed by atoms with Crippen molar-refractivity contribution in [1.29, 1.82) is 0 Å². The molecular formula is C15H13. The summed E-state index contributed by atoms with van der Waals surface area (Å²) in [6, 6.07) is 18.7. The summed E-state index contributed by atoms with van der Waals surface area (Å²) in [6.45, 7) is 3.74. The molecular weight excluding hydrogens is 180 g/mol. The lowest BCUT2D eigenvalue weighted by atomic mass is 10.00. The van der Waals surface area contributed by atoms with E-state index in [0.29, 0.717) is 0 Å². The molecule has 0 heteroatoms. The van der Waals surface area contributed by atoms with Gasteiger partial charge >= 0.3 is 0 Å². The topological polar surface area (TPSA) is 0 Å². The highest BCUT2D eigenvalue weighted by Crippen LogP contribution is 2.24. The number of rotatable bonds is 2. The Morgan fingerprint density at radius 2 is 1.47 bits per heavy atom. The SMILES string of the molecule is [CH2]/C=C/c1ccccc1-c1ccccc1. The molecule has 2 rings (SSSR count). The maximum Gasteiger partial charge on any atom is -0.0112 e. The molecule has 0 aliphatic carbocycles. The summed E-state index contributed by atoms with van der Waals surface area (Å²) in [4.78, 5) is 0. The predicted molar refractivity (Wildman–Crippen MR) is 66.3 cm³/mol. The predicted octanol–water partition coefficient (Wildman–Crippen LogP) is 4.20. The van der Waals surface area contributed by atoms with Gasteiger partial charge in [-0.1, -0.05) is 66.7 Å². The molecule has 0 saturated heterocycles. The Morgan fingerprint density at radius 3 is 2.20 bits per heavy atom. The van der Waals surface area contributed by atoms with Crippen LogP contribution in [0.2, 0.25) is 0 Å². The van der Waals surface area contributed by atoms with Crippen molar-refractivity contribution in [2.75, 3.05) is 0 Å². The second-order valence-electron chi connectivity index (χ2n) is 3.36. The van der Waals surface area contributed by atoms with E-state index in [1.54, 1.807) is 0 Å². The number of allylic oxidation sites excluding steroid dienone is 1.